The van der Waals surface area contributed by atoms with Gasteiger partial charge in [0.1, 0.15) is 11.4 Å². The van der Waals surface area contributed by atoms with E-state index in [0.717, 1.165) is 19.2 Å². The van der Waals surface area contributed by atoms with Gasteiger partial charge >= 0.3 is 5.97 Å². The van der Waals surface area contributed by atoms with Crippen LogP contribution in [0.25, 0.3) is 0 Å². The van der Waals surface area contributed by atoms with Crippen LogP contribution in [-0.2, 0) is 19.6 Å². The summed E-state index contributed by atoms with van der Waals surface area (Å²) in [5.74, 6) is -1.85. The zero-order valence-corrected chi connectivity index (χ0v) is 12.5. The third kappa shape index (κ3) is 3.59. The number of nitrogens with two attached hydrogens (primary N) is 1. The van der Waals surface area contributed by atoms with Gasteiger partial charge in [-0.1, -0.05) is 11.6 Å². The highest BCUT2D eigenvalue weighted by Crippen LogP contribution is 2.27. The van der Waals surface area contributed by atoms with Crippen LogP contribution >= 0.6 is 11.6 Å². The third-order valence-corrected chi connectivity index (χ3v) is 4.40. The standard InChI is InChI=1S/C11H14ClFN2O4S/c1-3-19-10(16)6-15(2)20(17,18)9-5-7(12)4-8(14)11(9)13/h4-5H,3,6,14H2,1-2H3. The van der Waals surface area contributed by atoms with Crippen molar-refractivity contribution in [3.8, 4) is 0 Å². The molecule has 0 heterocycles. The van der Waals surface area contributed by atoms with Crippen molar-refractivity contribution in [3.63, 3.8) is 0 Å². The van der Waals surface area contributed by atoms with E-state index in [4.69, 9.17) is 17.3 Å². The first-order valence-electron chi connectivity index (χ1n) is 5.56. The topological polar surface area (TPSA) is 89.7 Å². The van der Waals surface area contributed by atoms with Crippen LogP contribution in [0.2, 0.25) is 5.02 Å². The molecule has 1 aromatic carbocycles. The molecule has 20 heavy (non-hydrogen) atoms. The van der Waals surface area contributed by atoms with Gasteiger partial charge in [-0.2, -0.15) is 4.31 Å². The van der Waals surface area contributed by atoms with Crippen molar-refractivity contribution in [3.05, 3.63) is 23.0 Å². The molecule has 0 spiro atoms. The van der Waals surface area contributed by atoms with Crippen molar-refractivity contribution in [2.75, 3.05) is 25.9 Å². The first-order chi connectivity index (χ1) is 9.20. The van der Waals surface area contributed by atoms with Crippen LogP contribution in [0.3, 0.4) is 0 Å². The number of benzene rings is 1. The van der Waals surface area contributed by atoms with E-state index in [1.165, 1.54) is 0 Å². The highest BCUT2D eigenvalue weighted by molar-refractivity contribution is 7.89. The highest BCUT2D eigenvalue weighted by Gasteiger charge is 2.28. The lowest BCUT2D eigenvalue weighted by Gasteiger charge is -2.17. The summed E-state index contributed by atoms with van der Waals surface area (Å²) in [5.41, 5.74) is 4.94. The number of anilines is 1. The minimum absolute atomic E-state index is 0.0213. The molecule has 9 heteroatoms. The van der Waals surface area contributed by atoms with Gasteiger partial charge in [-0.3, -0.25) is 4.79 Å². The Balaban J connectivity index is 3.14. The first-order valence-corrected chi connectivity index (χ1v) is 7.38. The Morgan fingerprint density at radius 1 is 1.50 bits per heavy atom. The Hall–Kier alpha value is -1.38. The summed E-state index contributed by atoms with van der Waals surface area (Å²) >= 11 is 5.67. The van der Waals surface area contributed by atoms with E-state index >= 15 is 0 Å². The predicted molar refractivity (Wildman–Crippen MR) is 72.3 cm³/mol. The second-order valence-corrected chi connectivity index (χ2v) is 6.32. The first kappa shape index (κ1) is 16.7. The number of rotatable bonds is 5. The summed E-state index contributed by atoms with van der Waals surface area (Å²) in [5, 5.41) is -0.0213. The minimum atomic E-state index is -4.23. The summed E-state index contributed by atoms with van der Waals surface area (Å²) in [6.07, 6.45) is 0. The molecule has 0 aliphatic carbocycles. The second kappa shape index (κ2) is 6.38. The summed E-state index contributed by atoms with van der Waals surface area (Å²) in [7, 11) is -3.11. The van der Waals surface area contributed by atoms with Gasteiger partial charge in [-0.15, -0.1) is 0 Å². The largest absolute Gasteiger partial charge is 0.465 e. The zero-order valence-electron chi connectivity index (χ0n) is 10.9. The number of nitrogen functional groups attached to an aromatic ring is 1. The number of carbonyl (C=O) groups is 1. The maximum Gasteiger partial charge on any atom is 0.321 e. The van der Waals surface area contributed by atoms with Crippen LogP contribution in [0, 0.1) is 5.82 Å². The highest BCUT2D eigenvalue weighted by atomic mass is 35.5. The molecule has 0 radical (unpaired) electrons. The molecule has 0 bridgehead atoms. The molecule has 6 nitrogen and oxygen atoms in total. The molecule has 0 aromatic heterocycles. The Morgan fingerprint density at radius 3 is 2.65 bits per heavy atom. The van der Waals surface area contributed by atoms with Crippen molar-refractivity contribution >= 4 is 33.3 Å². The van der Waals surface area contributed by atoms with E-state index in [1.54, 1.807) is 6.92 Å². The number of halogens is 2. The smallest absolute Gasteiger partial charge is 0.321 e. The number of hydrogen-bond donors (Lipinski definition) is 1. The second-order valence-electron chi connectivity index (χ2n) is 3.87. The minimum Gasteiger partial charge on any atom is -0.465 e. The Kier molecular flexibility index (Phi) is 5.32. The number of esters is 1. The molecular formula is C11H14ClFN2O4S. The molecular weight excluding hydrogens is 311 g/mol. The van der Waals surface area contributed by atoms with Crippen molar-refractivity contribution < 1.29 is 22.3 Å². The van der Waals surface area contributed by atoms with Gasteiger partial charge in [-0.25, -0.2) is 12.8 Å². The van der Waals surface area contributed by atoms with E-state index in [-0.39, 0.29) is 17.3 Å². The lowest BCUT2D eigenvalue weighted by Crippen LogP contribution is -2.33. The van der Waals surface area contributed by atoms with Crippen molar-refractivity contribution in [2.45, 2.75) is 11.8 Å². The maximum atomic E-state index is 13.8. The van der Waals surface area contributed by atoms with E-state index in [9.17, 15) is 17.6 Å². The number of ether oxygens (including phenoxy) is 1. The third-order valence-electron chi connectivity index (χ3n) is 2.38. The van der Waals surface area contributed by atoms with Crippen LogP contribution in [0.15, 0.2) is 17.0 Å². The number of likely N-dealkylation sites (N-methyl/N-ethyl adjacent to an activating group) is 1. The molecule has 112 valence electrons. The maximum absolute atomic E-state index is 13.8. The van der Waals surface area contributed by atoms with Gasteiger partial charge in [0, 0.05) is 12.1 Å². The Morgan fingerprint density at radius 2 is 2.10 bits per heavy atom. The number of carbonyl (C=O) groups excluding carboxylic acids is 1. The molecule has 0 aliphatic rings. The Labute approximate surface area is 121 Å². The SMILES string of the molecule is CCOC(=O)CN(C)S(=O)(=O)c1cc(Cl)cc(N)c1F. The number of sulfonamides is 1. The van der Waals surface area contributed by atoms with Crippen molar-refractivity contribution in [1.29, 1.82) is 0 Å². The summed E-state index contributed by atoms with van der Waals surface area (Å²) < 4.78 is 43.4. The summed E-state index contributed by atoms with van der Waals surface area (Å²) in [6, 6.07) is 2.03. The number of nitrogens with zero attached hydrogens (tertiary/aromatic N) is 1. The van der Waals surface area contributed by atoms with Gasteiger partial charge in [0.2, 0.25) is 10.0 Å². The molecule has 0 amide bonds. The zero-order chi connectivity index (χ0) is 15.5. The van der Waals surface area contributed by atoms with Crippen LogP contribution in [-0.4, -0.2) is 38.9 Å². The average Bonchev–Trinajstić information content (AvgIpc) is 2.33. The fourth-order valence-corrected chi connectivity index (χ4v) is 2.94. The fourth-order valence-electron chi connectivity index (χ4n) is 1.41. The summed E-state index contributed by atoms with van der Waals surface area (Å²) in [6.45, 7) is 1.16. The molecule has 0 fully saturated rings. The molecule has 2 N–H and O–H groups in total. The quantitative estimate of drug-likeness (QED) is 0.650. The molecule has 0 saturated heterocycles. The van der Waals surface area contributed by atoms with E-state index < -0.39 is 33.3 Å². The average molecular weight is 325 g/mol. The number of hydrogen-bond acceptors (Lipinski definition) is 5. The summed E-state index contributed by atoms with van der Waals surface area (Å²) in [4.78, 5) is 10.6. The van der Waals surface area contributed by atoms with Gasteiger partial charge in [0.25, 0.3) is 0 Å². The van der Waals surface area contributed by atoms with Crippen LogP contribution < -0.4 is 5.73 Å². The predicted octanol–water partition coefficient (Wildman–Crippen LogP) is 1.24. The molecule has 0 saturated carbocycles. The lowest BCUT2D eigenvalue weighted by molar-refractivity contribution is -0.143. The van der Waals surface area contributed by atoms with Gasteiger partial charge in [-0.05, 0) is 19.1 Å². The van der Waals surface area contributed by atoms with E-state index in [1.807, 2.05) is 0 Å². The van der Waals surface area contributed by atoms with E-state index in [2.05, 4.69) is 4.74 Å². The van der Waals surface area contributed by atoms with Gasteiger partial charge < -0.3 is 10.5 Å². The Bertz CT molecular complexity index is 621. The van der Waals surface area contributed by atoms with Crippen molar-refractivity contribution in [1.82, 2.24) is 4.31 Å². The van der Waals surface area contributed by atoms with Gasteiger partial charge in [0.15, 0.2) is 5.82 Å². The molecule has 0 unspecified atom stereocenters. The lowest BCUT2D eigenvalue weighted by atomic mass is 10.3. The molecule has 1 rings (SSSR count). The van der Waals surface area contributed by atoms with Gasteiger partial charge in [0.05, 0.1) is 12.3 Å². The van der Waals surface area contributed by atoms with E-state index in [0.29, 0.717) is 4.31 Å². The molecule has 1 aromatic rings. The molecule has 0 aliphatic heterocycles. The van der Waals surface area contributed by atoms with Crippen LogP contribution in [0.4, 0.5) is 10.1 Å². The monoisotopic (exact) mass is 324 g/mol. The van der Waals surface area contributed by atoms with Crippen LogP contribution in [0.1, 0.15) is 6.92 Å². The van der Waals surface area contributed by atoms with Crippen molar-refractivity contribution in [2.24, 2.45) is 0 Å². The fraction of sp³-hybridized carbons (Fsp3) is 0.364. The van der Waals surface area contributed by atoms with Crippen LogP contribution in [0.5, 0.6) is 0 Å². The molecule has 0 atom stereocenters. The normalized spacial score (nSPS) is 11.7.